The number of carbonyl (C=O) groups excluding carboxylic acids is 1. The minimum absolute atomic E-state index is 0.106. The number of ether oxygens (including phenoxy) is 1. The lowest BCUT2D eigenvalue weighted by Crippen LogP contribution is -2.08. The molecule has 1 aromatic carbocycles. The molecule has 0 amide bonds. The normalized spacial score (nSPS) is 17.8. The maximum absolute atomic E-state index is 12.1. The molecular formula is C16H21O5P. The minimum Gasteiger partial charge on any atom is -0.381 e. The lowest BCUT2D eigenvalue weighted by molar-refractivity contribution is 0.101. The van der Waals surface area contributed by atoms with E-state index in [-0.39, 0.29) is 12.4 Å². The van der Waals surface area contributed by atoms with Crippen molar-refractivity contribution < 1.29 is 23.5 Å². The second-order valence-corrected chi connectivity index (χ2v) is 7.03. The summed E-state index contributed by atoms with van der Waals surface area (Å²) in [7, 11) is -3.85. The molecule has 1 heterocycles. The Morgan fingerprint density at radius 1 is 1.41 bits per heavy atom. The van der Waals surface area contributed by atoms with Crippen LogP contribution in [0.5, 0.6) is 0 Å². The van der Waals surface area contributed by atoms with Crippen LogP contribution in [0.1, 0.15) is 35.7 Å². The monoisotopic (exact) mass is 324 g/mol. The van der Waals surface area contributed by atoms with E-state index in [9.17, 15) is 14.3 Å². The molecule has 1 aliphatic heterocycles. The number of carbonyl (C=O) groups is 1. The molecule has 0 spiro atoms. The fourth-order valence-corrected chi connectivity index (χ4v) is 3.38. The van der Waals surface area contributed by atoms with Crippen molar-refractivity contribution in [2.45, 2.75) is 19.8 Å². The van der Waals surface area contributed by atoms with Crippen LogP contribution in [0, 0.1) is 0 Å². The third-order valence-electron chi connectivity index (χ3n) is 3.39. The van der Waals surface area contributed by atoms with E-state index in [2.05, 4.69) is 6.08 Å². The number of ketones is 1. The second-order valence-electron chi connectivity index (χ2n) is 5.18. The van der Waals surface area contributed by atoms with Gasteiger partial charge in [0.25, 0.3) is 0 Å². The van der Waals surface area contributed by atoms with Crippen molar-refractivity contribution in [3.8, 4) is 0 Å². The summed E-state index contributed by atoms with van der Waals surface area (Å²) in [6, 6.07) is 7.10. The first-order valence-electron chi connectivity index (χ1n) is 7.37. The molecule has 1 aliphatic rings. The molecule has 1 N–H and O–H groups in total. The Morgan fingerprint density at radius 3 is 2.82 bits per heavy atom. The van der Waals surface area contributed by atoms with E-state index < -0.39 is 13.8 Å². The quantitative estimate of drug-likeness (QED) is 0.642. The number of benzene rings is 1. The number of rotatable bonds is 6. The van der Waals surface area contributed by atoms with Gasteiger partial charge in [0.1, 0.15) is 6.16 Å². The third-order valence-corrected chi connectivity index (χ3v) is 4.74. The molecule has 5 nitrogen and oxygen atoms in total. The van der Waals surface area contributed by atoms with Crippen LogP contribution in [0.15, 0.2) is 29.8 Å². The first-order chi connectivity index (χ1) is 10.5. The van der Waals surface area contributed by atoms with E-state index in [0.29, 0.717) is 5.56 Å². The van der Waals surface area contributed by atoms with Gasteiger partial charge in [-0.25, -0.2) is 0 Å². The molecular weight excluding hydrogens is 303 g/mol. The highest BCUT2D eigenvalue weighted by molar-refractivity contribution is 7.53. The SMILES string of the molecule is CCOP(=O)(O)CC(=O)c1cccc(C=C2CCOCC2)c1. The van der Waals surface area contributed by atoms with Crippen LogP contribution in [-0.2, 0) is 13.8 Å². The maximum atomic E-state index is 12.1. The Kier molecular flexibility index (Phi) is 6.09. The smallest absolute Gasteiger partial charge is 0.335 e. The van der Waals surface area contributed by atoms with Crippen molar-refractivity contribution in [3.63, 3.8) is 0 Å². The van der Waals surface area contributed by atoms with E-state index in [1.165, 1.54) is 5.57 Å². The Hall–Kier alpha value is -1.26. The van der Waals surface area contributed by atoms with Crippen molar-refractivity contribution in [2.24, 2.45) is 0 Å². The van der Waals surface area contributed by atoms with E-state index in [4.69, 9.17) is 9.26 Å². The van der Waals surface area contributed by atoms with Gasteiger partial charge < -0.3 is 14.2 Å². The van der Waals surface area contributed by atoms with Crippen LogP contribution in [-0.4, -0.2) is 36.7 Å². The van der Waals surface area contributed by atoms with E-state index in [1.54, 1.807) is 25.1 Å². The van der Waals surface area contributed by atoms with Crippen LogP contribution < -0.4 is 0 Å². The first kappa shape index (κ1) is 17.1. The Labute approximate surface area is 130 Å². The highest BCUT2D eigenvalue weighted by Crippen LogP contribution is 2.42. The summed E-state index contributed by atoms with van der Waals surface area (Å²) in [5.41, 5.74) is 2.64. The van der Waals surface area contributed by atoms with Crippen molar-refractivity contribution in [3.05, 3.63) is 41.0 Å². The molecule has 2 rings (SSSR count). The maximum Gasteiger partial charge on any atom is 0.335 e. The van der Waals surface area contributed by atoms with Gasteiger partial charge >= 0.3 is 7.60 Å². The fourth-order valence-electron chi connectivity index (χ4n) is 2.34. The highest BCUT2D eigenvalue weighted by atomic mass is 31.2. The predicted octanol–water partition coefficient (Wildman–Crippen LogP) is 3.29. The second kappa shape index (κ2) is 7.84. The van der Waals surface area contributed by atoms with Gasteiger partial charge in [-0.1, -0.05) is 29.8 Å². The molecule has 1 saturated heterocycles. The van der Waals surface area contributed by atoms with Crippen LogP contribution in [0.25, 0.3) is 6.08 Å². The van der Waals surface area contributed by atoms with Gasteiger partial charge in [-0.3, -0.25) is 9.36 Å². The standard InChI is InChI=1S/C16H21O5P/c1-2-21-22(18,19)12-16(17)15-5-3-4-14(11-15)10-13-6-8-20-9-7-13/h3-5,10-11H,2,6-9,12H2,1H3,(H,18,19). The van der Waals surface area contributed by atoms with Crippen LogP contribution >= 0.6 is 7.60 Å². The summed E-state index contributed by atoms with van der Waals surface area (Å²) in [6.45, 7) is 3.18. The zero-order valence-corrected chi connectivity index (χ0v) is 13.6. The molecule has 22 heavy (non-hydrogen) atoms. The van der Waals surface area contributed by atoms with Crippen LogP contribution in [0.3, 0.4) is 0 Å². The van der Waals surface area contributed by atoms with Gasteiger partial charge in [-0.2, -0.15) is 0 Å². The zero-order chi connectivity index (χ0) is 16.0. The summed E-state index contributed by atoms with van der Waals surface area (Å²) in [5.74, 6) is -0.383. The number of hydrogen-bond acceptors (Lipinski definition) is 4. The van der Waals surface area contributed by atoms with E-state index in [1.807, 2.05) is 6.07 Å². The summed E-state index contributed by atoms with van der Waals surface area (Å²) < 4.78 is 21.7. The Balaban J connectivity index is 2.10. The van der Waals surface area contributed by atoms with Crippen LogP contribution in [0.4, 0.5) is 0 Å². The molecule has 1 fully saturated rings. The van der Waals surface area contributed by atoms with Crippen molar-refractivity contribution in [1.29, 1.82) is 0 Å². The molecule has 120 valence electrons. The largest absolute Gasteiger partial charge is 0.381 e. The molecule has 0 bridgehead atoms. The Morgan fingerprint density at radius 2 is 2.14 bits per heavy atom. The van der Waals surface area contributed by atoms with Crippen molar-refractivity contribution in [2.75, 3.05) is 26.0 Å². The zero-order valence-electron chi connectivity index (χ0n) is 12.7. The lowest BCUT2D eigenvalue weighted by atomic mass is 10.0. The Bertz CT molecular complexity index is 600. The molecule has 0 radical (unpaired) electrons. The molecule has 0 saturated carbocycles. The average molecular weight is 324 g/mol. The van der Waals surface area contributed by atoms with Gasteiger partial charge in [0, 0.05) is 5.56 Å². The van der Waals surface area contributed by atoms with Gasteiger partial charge in [0.05, 0.1) is 19.8 Å². The van der Waals surface area contributed by atoms with Crippen LogP contribution in [0.2, 0.25) is 0 Å². The summed E-state index contributed by atoms with van der Waals surface area (Å²) in [6.07, 6.45) is 3.36. The molecule has 1 atom stereocenters. The number of Topliss-reactive ketones (excluding diaryl/α,β-unsaturated/α-hetero) is 1. The molecule has 6 heteroatoms. The third kappa shape index (κ3) is 5.18. The van der Waals surface area contributed by atoms with Crippen molar-refractivity contribution in [1.82, 2.24) is 0 Å². The summed E-state index contributed by atoms with van der Waals surface area (Å²) in [4.78, 5) is 21.7. The molecule has 0 aromatic heterocycles. The molecule has 0 aliphatic carbocycles. The fraction of sp³-hybridized carbons (Fsp3) is 0.438. The van der Waals surface area contributed by atoms with Gasteiger partial charge in [0.2, 0.25) is 0 Å². The average Bonchev–Trinajstić information content (AvgIpc) is 2.48. The van der Waals surface area contributed by atoms with Gasteiger partial charge in [-0.05, 0) is 31.4 Å². The lowest BCUT2D eigenvalue weighted by Gasteiger charge is -2.14. The molecule has 1 unspecified atom stereocenters. The van der Waals surface area contributed by atoms with E-state index >= 15 is 0 Å². The van der Waals surface area contributed by atoms with Crippen molar-refractivity contribution >= 4 is 19.5 Å². The molecule has 1 aromatic rings. The topological polar surface area (TPSA) is 72.8 Å². The summed E-state index contributed by atoms with van der Waals surface area (Å²) >= 11 is 0. The minimum atomic E-state index is -3.85. The van der Waals surface area contributed by atoms with Gasteiger partial charge in [0.15, 0.2) is 5.78 Å². The summed E-state index contributed by atoms with van der Waals surface area (Å²) in [5, 5.41) is 0. The first-order valence-corrected chi connectivity index (χ1v) is 9.13. The number of hydrogen-bond donors (Lipinski definition) is 1. The van der Waals surface area contributed by atoms with Gasteiger partial charge in [-0.15, -0.1) is 0 Å². The van der Waals surface area contributed by atoms with E-state index in [0.717, 1.165) is 31.6 Å². The predicted molar refractivity (Wildman–Crippen MR) is 85.1 cm³/mol. The highest BCUT2D eigenvalue weighted by Gasteiger charge is 2.24.